The van der Waals surface area contributed by atoms with Gasteiger partial charge in [0.25, 0.3) is 5.91 Å². The Labute approximate surface area is 183 Å². The van der Waals surface area contributed by atoms with E-state index in [0.29, 0.717) is 25.3 Å². The first-order chi connectivity index (χ1) is 15.0. The SMILES string of the molecule is CN1Cc2cc(-c3ccc(C[C@@H](C#N)CC(=O)[C@]45CC[C@@H](CN4)C5)cc3)ccc2C1=O. The first-order valence-electron chi connectivity index (χ1n) is 11.1. The van der Waals surface area contributed by atoms with E-state index in [0.717, 1.165) is 53.6 Å². The van der Waals surface area contributed by atoms with Crippen LogP contribution in [0.15, 0.2) is 42.5 Å². The molecule has 2 fully saturated rings. The first-order valence-corrected chi connectivity index (χ1v) is 11.1. The highest BCUT2D eigenvalue weighted by Crippen LogP contribution is 2.41. The first kappa shape index (κ1) is 20.0. The van der Waals surface area contributed by atoms with Gasteiger partial charge in [-0.25, -0.2) is 0 Å². The zero-order valence-corrected chi connectivity index (χ0v) is 17.9. The van der Waals surface area contributed by atoms with Crippen molar-refractivity contribution in [2.75, 3.05) is 13.6 Å². The van der Waals surface area contributed by atoms with E-state index in [2.05, 4.69) is 29.6 Å². The Balaban J connectivity index is 1.26. The predicted octanol–water partition coefficient (Wildman–Crippen LogP) is 3.72. The monoisotopic (exact) mass is 413 g/mol. The number of rotatable bonds is 6. The minimum Gasteiger partial charge on any atom is -0.337 e. The summed E-state index contributed by atoms with van der Waals surface area (Å²) in [5, 5.41) is 13.1. The number of nitrogens with one attached hydrogen (secondary N) is 1. The van der Waals surface area contributed by atoms with Crippen LogP contribution in [0.4, 0.5) is 0 Å². The second-order valence-corrected chi connectivity index (χ2v) is 9.46. The summed E-state index contributed by atoms with van der Waals surface area (Å²) in [5.74, 6) is 0.633. The third-order valence-corrected chi connectivity index (χ3v) is 7.35. The molecule has 158 valence electrons. The molecule has 3 atom stereocenters. The number of Topliss-reactive ketones (excluding diaryl/α,β-unsaturated/α-hetero) is 1. The van der Waals surface area contributed by atoms with E-state index in [-0.39, 0.29) is 23.1 Å². The van der Waals surface area contributed by atoms with Gasteiger partial charge in [0.15, 0.2) is 5.78 Å². The van der Waals surface area contributed by atoms with E-state index in [1.54, 1.807) is 4.90 Å². The molecule has 1 saturated heterocycles. The van der Waals surface area contributed by atoms with Gasteiger partial charge in [-0.2, -0.15) is 5.26 Å². The number of amides is 1. The zero-order chi connectivity index (χ0) is 21.6. The molecule has 0 radical (unpaired) electrons. The minimum absolute atomic E-state index is 0.0782. The van der Waals surface area contributed by atoms with Crippen LogP contribution in [-0.2, 0) is 17.8 Å². The molecule has 3 aliphatic rings. The number of hydrogen-bond donors (Lipinski definition) is 1. The summed E-state index contributed by atoms with van der Waals surface area (Å²) in [6, 6.07) is 16.6. The van der Waals surface area contributed by atoms with Crippen molar-refractivity contribution in [1.82, 2.24) is 10.2 Å². The van der Waals surface area contributed by atoms with Crippen molar-refractivity contribution in [3.63, 3.8) is 0 Å². The van der Waals surface area contributed by atoms with Gasteiger partial charge in [-0.15, -0.1) is 0 Å². The lowest BCUT2D eigenvalue weighted by Crippen LogP contribution is -2.48. The molecule has 2 aromatic carbocycles. The Kier molecular flexibility index (Phi) is 4.91. The average Bonchev–Trinajstić information content (AvgIpc) is 3.48. The van der Waals surface area contributed by atoms with E-state index < -0.39 is 0 Å². The van der Waals surface area contributed by atoms with E-state index in [1.807, 2.05) is 31.3 Å². The maximum atomic E-state index is 12.9. The second kappa shape index (κ2) is 7.62. The van der Waals surface area contributed by atoms with Crippen molar-refractivity contribution in [2.45, 2.75) is 44.2 Å². The molecule has 0 aromatic heterocycles. The lowest BCUT2D eigenvalue weighted by Gasteiger charge is -2.27. The van der Waals surface area contributed by atoms with Gasteiger partial charge < -0.3 is 10.2 Å². The van der Waals surface area contributed by atoms with Crippen molar-refractivity contribution >= 4 is 11.7 Å². The minimum atomic E-state index is -0.355. The van der Waals surface area contributed by atoms with Crippen LogP contribution in [0.1, 0.15) is 47.2 Å². The number of nitrogens with zero attached hydrogens (tertiary/aromatic N) is 2. The molecule has 5 heteroatoms. The van der Waals surface area contributed by atoms with E-state index in [1.165, 1.54) is 0 Å². The fourth-order valence-electron chi connectivity index (χ4n) is 5.52. The highest BCUT2D eigenvalue weighted by Gasteiger charge is 2.49. The molecule has 0 unspecified atom stereocenters. The van der Waals surface area contributed by atoms with Crippen LogP contribution in [0.25, 0.3) is 11.1 Å². The summed E-state index contributed by atoms with van der Waals surface area (Å²) in [6.07, 6.45) is 3.91. The van der Waals surface area contributed by atoms with E-state index in [9.17, 15) is 14.9 Å². The van der Waals surface area contributed by atoms with Crippen LogP contribution in [-0.4, -0.2) is 35.7 Å². The van der Waals surface area contributed by atoms with Gasteiger partial charge in [-0.3, -0.25) is 9.59 Å². The summed E-state index contributed by atoms with van der Waals surface area (Å²) in [6.45, 7) is 1.59. The molecular weight excluding hydrogens is 386 g/mol. The lowest BCUT2D eigenvalue weighted by atomic mass is 9.85. The number of hydrogen-bond acceptors (Lipinski definition) is 4. The van der Waals surface area contributed by atoms with Crippen molar-refractivity contribution in [3.05, 3.63) is 59.2 Å². The number of carbonyl (C=O) groups excluding carboxylic acids is 2. The number of ketones is 1. The van der Waals surface area contributed by atoms with E-state index in [4.69, 9.17) is 0 Å². The molecule has 0 spiro atoms. The molecule has 5 rings (SSSR count). The highest BCUT2D eigenvalue weighted by atomic mass is 16.2. The van der Waals surface area contributed by atoms with Gasteiger partial charge in [-0.1, -0.05) is 30.3 Å². The molecule has 5 nitrogen and oxygen atoms in total. The molecule has 2 heterocycles. The van der Waals surface area contributed by atoms with Crippen LogP contribution in [0.5, 0.6) is 0 Å². The molecular formula is C26H27N3O2. The lowest BCUT2D eigenvalue weighted by molar-refractivity contribution is -0.125. The van der Waals surface area contributed by atoms with Gasteiger partial charge in [0.1, 0.15) is 0 Å². The number of benzene rings is 2. The van der Waals surface area contributed by atoms with Crippen LogP contribution >= 0.6 is 0 Å². The summed E-state index contributed by atoms with van der Waals surface area (Å²) >= 11 is 0. The van der Waals surface area contributed by atoms with Gasteiger partial charge in [0.05, 0.1) is 17.5 Å². The highest BCUT2D eigenvalue weighted by molar-refractivity contribution is 5.98. The van der Waals surface area contributed by atoms with Crippen molar-refractivity contribution in [1.29, 1.82) is 5.26 Å². The number of nitriles is 1. The zero-order valence-electron chi connectivity index (χ0n) is 17.9. The maximum absolute atomic E-state index is 12.9. The molecule has 1 amide bonds. The summed E-state index contributed by atoms with van der Waals surface area (Å²) in [5.41, 5.74) is 4.74. The van der Waals surface area contributed by atoms with Gasteiger partial charge in [0.2, 0.25) is 0 Å². The van der Waals surface area contributed by atoms with Crippen LogP contribution in [0.3, 0.4) is 0 Å². The Morgan fingerprint density at radius 1 is 1.26 bits per heavy atom. The fourth-order valence-corrected chi connectivity index (χ4v) is 5.52. The summed E-state index contributed by atoms with van der Waals surface area (Å²) < 4.78 is 0. The van der Waals surface area contributed by atoms with Crippen LogP contribution < -0.4 is 5.32 Å². The quantitative estimate of drug-likeness (QED) is 0.783. The Hall–Kier alpha value is -2.97. The Morgan fingerprint density at radius 3 is 2.68 bits per heavy atom. The third kappa shape index (κ3) is 3.55. The number of fused-ring (bicyclic) bond motifs is 3. The van der Waals surface area contributed by atoms with Crippen molar-refractivity contribution < 1.29 is 9.59 Å². The number of carbonyl (C=O) groups is 2. The fraction of sp³-hybridized carbons (Fsp3) is 0.423. The Bertz CT molecular complexity index is 1070. The standard InChI is InChI=1S/C26H27N3O2/c1-29-16-22-12-21(6-7-23(22)25(29)31)20-4-2-17(3-5-20)10-19(14-27)11-24(30)26-9-8-18(13-26)15-28-26/h2-7,12,18-19,28H,8-11,13,15-16H2,1H3/t18-,19-,26-/m1/s1. The number of piperidine rings is 1. The molecule has 1 aliphatic carbocycles. The molecule has 1 saturated carbocycles. The van der Waals surface area contributed by atoms with Crippen molar-refractivity contribution in [3.8, 4) is 17.2 Å². The molecule has 2 aliphatic heterocycles. The Morgan fingerprint density at radius 2 is 2.03 bits per heavy atom. The van der Waals surface area contributed by atoms with Gasteiger partial charge in [0, 0.05) is 25.6 Å². The normalized spacial score (nSPS) is 24.8. The summed E-state index contributed by atoms with van der Waals surface area (Å²) in [4.78, 5) is 26.7. The second-order valence-electron chi connectivity index (χ2n) is 9.46. The topological polar surface area (TPSA) is 73.2 Å². The maximum Gasteiger partial charge on any atom is 0.254 e. The van der Waals surface area contributed by atoms with Gasteiger partial charge >= 0.3 is 0 Å². The summed E-state index contributed by atoms with van der Waals surface area (Å²) in [7, 11) is 1.82. The van der Waals surface area contributed by atoms with Crippen LogP contribution in [0.2, 0.25) is 0 Å². The smallest absolute Gasteiger partial charge is 0.254 e. The average molecular weight is 414 g/mol. The molecule has 31 heavy (non-hydrogen) atoms. The molecule has 2 aromatic rings. The van der Waals surface area contributed by atoms with Gasteiger partial charge in [-0.05, 0) is 72.5 Å². The van der Waals surface area contributed by atoms with E-state index >= 15 is 0 Å². The predicted molar refractivity (Wildman–Crippen MR) is 118 cm³/mol. The van der Waals surface area contributed by atoms with Crippen molar-refractivity contribution in [2.24, 2.45) is 11.8 Å². The third-order valence-electron chi connectivity index (χ3n) is 7.35. The van der Waals surface area contributed by atoms with Crippen LogP contribution in [0, 0.1) is 23.2 Å². The molecule has 2 bridgehead atoms. The molecule has 1 N–H and O–H groups in total. The largest absolute Gasteiger partial charge is 0.337 e.